The predicted molar refractivity (Wildman–Crippen MR) is 81.6 cm³/mol. The van der Waals surface area contributed by atoms with E-state index in [4.69, 9.17) is 4.74 Å². The van der Waals surface area contributed by atoms with E-state index in [0.29, 0.717) is 6.04 Å². The third-order valence-electron chi connectivity index (χ3n) is 3.97. The lowest BCUT2D eigenvalue weighted by Gasteiger charge is -2.29. The van der Waals surface area contributed by atoms with Gasteiger partial charge >= 0.3 is 0 Å². The number of nitrogens with one attached hydrogen (secondary N) is 1. The Labute approximate surface area is 120 Å². The van der Waals surface area contributed by atoms with Gasteiger partial charge in [0.05, 0.1) is 19.3 Å². The van der Waals surface area contributed by atoms with Crippen molar-refractivity contribution in [3.05, 3.63) is 70.8 Å². The van der Waals surface area contributed by atoms with Gasteiger partial charge in [0, 0.05) is 6.04 Å². The topological polar surface area (TPSA) is 21.3 Å². The maximum atomic E-state index is 5.71. The predicted octanol–water partition coefficient (Wildman–Crippen LogP) is 3.92. The molecule has 2 nitrogen and oxygen atoms in total. The maximum Gasteiger partial charge on any atom is 0.0721 e. The summed E-state index contributed by atoms with van der Waals surface area (Å²) in [5.41, 5.74) is 5.30. The molecule has 0 aromatic heterocycles. The van der Waals surface area contributed by atoms with Crippen molar-refractivity contribution >= 4 is 0 Å². The molecule has 2 aromatic carbocycles. The van der Waals surface area contributed by atoms with E-state index < -0.39 is 0 Å². The van der Waals surface area contributed by atoms with E-state index in [0.717, 1.165) is 13.2 Å². The number of hydrogen-bond acceptors (Lipinski definition) is 2. The van der Waals surface area contributed by atoms with Crippen LogP contribution in [-0.2, 0) is 11.3 Å². The Morgan fingerprint density at radius 3 is 2.85 bits per heavy atom. The van der Waals surface area contributed by atoms with Gasteiger partial charge in [0.1, 0.15) is 0 Å². The van der Waals surface area contributed by atoms with E-state index in [1.807, 2.05) is 0 Å². The Hall–Kier alpha value is -1.64. The summed E-state index contributed by atoms with van der Waals surface area (Å²) < 4.78 is 5.71. The highest BCUT2D eigenvalue weighted by molar-refractivity contribution is 5.32. The molecule has 0 fully saturated rings. The zero-order valence-electron chi connectivity index (χ0n) is 12.1. The lowest BCUT2D eigenvalue weighted by Crippen LogP contribution is -2.31. The number of aryl methyl sites for hydroxylation is 1. The Morgan fingerprint density at radius 2 is 2.00 bits per heavy atom. The van der Waals surface area contributed by atoms with Crippen LogP contribution in [0.15, 0.2) is 48.5 Å². The van der Waals surface area contributed by atoms with Gasteiger partial charge in [-0.3, -0.25) is 0 Å². The molecule has 0 radical (unpaired) electrons. The quantitative estimate of drug-likeness (QED) is 0.910. The minimum atomic E-state index is 0.274. The van der Waals surface area contributed by atoms with Gasteiger partial charge < -0.3 is 10.1 Å². The van der Waals surface area contributed by atoms with Gasteiger partial charge in [0.25, 0.3) is 0 Å². The van der Waals surface area contributed by atoms with Crippen LogP contribution in [0.1, 0.15) is 41.3 Å². The van der Waals surface area contributed by atoms with E-state index in [-0.39, 0.29) is 6.04 Å². The molecule has 0 amide bonds. The lowest BCUT2D eigenvalue weighted by atomic mass is 9.97. The van der Waals surface area contributed by atoms with Crippen molar-refractivity contribution in [1.82, 2.24) is 5.32 Å². The lowest BCUT2D eigenvalue weighted by molar-refractivity contribution is 0.0791. The Morgan fingerprint density at radius 1 is 1.15 bits per heavy atom. The van der Waals surface area contributed by atoms with Crippen molar-refractivity contribution in [2.45, 2.75) is 32.5 Å². The molecule has 20 heavy (non-hydrogen) atoms. The van der Waals surface area contributed by atoms with Crippen LogP contribution in [0.3, 0.4) is 0 Å². The van der Waals surface area contributed by atoms with Gasteiger partial charge in [-0.1, -0.05) is 54.1 Å². The highest BCUT2D eigenvalue weighted by atomic mass is 16.5. The van der Waals surface area contributed by atoms with Gasteiger partial charge in [0.2, 0.25) is 0 Å². The van der Waals surface area contributed by atoms with E-state index >= 15 is 0 Å². The van der Waals surface area contributed by atoms with Crippen LogP contribution in [-0.4, -0.2) is 6.61 Å². The van der Waals surface area contributed by atoms with Crippen LogP contribution in [0.25, 0.3) is 0 Å². The van der Waals surface area contributed by atoms with E-state index in [1.54, 1.807) is 0 Å². The summed E-state index contributed by atoms with van der Waals surface area (Å²) in [5.74, 6) is 0. The summed E-state index contributed by atoms with van der Waals surface area (Å²) in [7, 11) is 0. The smallest absolute Gasteiger partial charge is 0.0721 e. The summed E-state index contributed by atoms with van der Waals surface area (Å²) in [5, 5.41) is 3.69. The Balaban J connectivity index is 1.79. The largest absolute Gasteiger partial charge is 0.375 e. The van der Waals surface area contributed by atoms with Gasteiger partial charge in [-0.25, -0.2) is 0 Å². The fourth-order valence-corrected chi connectivity index (χ4v) is 2.86. The molecule has 1 N–H and O–H groups in total. The summed E-state index contributed by atoms with van der Waals surface area (Å²) in [4.78, 5) is 0. The summed E-state index contributed by atoms with van der Waals surface area (Å²) in [6.07, 6.45) is 0. The summed E-state index contributed by atoms with van der Waals surface area (Å²) in [6.45, 7) is 5.82. The SMILES string of the molecule is Cc1cccc([C@H](C)NC2COCc3ccccc32)c1. The second-order valence-electron chi connectivity index (χ2n) is 5.57. The Bertz CT molecular complexity index is 593. The molecular weight excluding hydrogens is 246 g/mol. The van der Waals surface area contributed by atoms with Crippen LogP contribution in [0.2, 0.25) is 0 Å². The molecule has 104 valence electrons. The van der Waals surface area contributed by atoms with Gasteiger partial charge in [-0.15, -0.1) is 0 Å². The van der Waals surface area contributed by atoms with Crippen LogP contribution < -0.4 is 5.32 Å². The van der Waals surface area contributed by atoms with Crippen molar-refractivity contribution in [1.29, 1.82) is 0 Å². The zero-order valence-corrected chi connectivity index (χ0v) is 12.1. The van der Waals surface area contributed by atoms with Crippen molar-refractivity contribution in [3.63, 3.8) is 0 Å². The van der Waals surface area contributed by atoms with Crippen molar-refractivity contribution < 1.29 is 4.74 Å². The minimum absolute atomic E-state index is 0.274. The van der Waals surface area contributed by atoms with Crippen LogP contribution in [0.4, 0.5) is 0 Å². The van der Waals surface area contributed by atoms with Crippen molar-refractivity contribution in [2.24, 2.45) is 0 Å². The van der Waals surface area contributed by atoms with E-state index in [2.05, 4.69) is 67.7 Å². The van der Waals surface area contributed by atoms with E-state index in [9.17, 15) is 0 Å². The number of benzene rings is 2. The number of rotatable bonds is 3. The third-order valence-corrected chi connectivity index (χ3v) is 3.97. The number of hydrogen-bond donors (Lipinski definition) is 1. The average Bonchev–Trinajstić information content (AvgIpc) is 2.47. The molecule has 0 bridgehead atoms. The molecule has 0 saturated heterocycles. The second-order valence-corrected chi connectivity index (χ2v) is 5.57. The fourth-order valence-electron chi connectivity index (χ4n) is 2.86. The molecule has 2 atom stereocenters. The first-order valence-electron chi connectivity index (χ1n) is 7.22. The molecule has 1 aliphatic rings. The molecule has 0 aliphatic carbocycles. The fraction of sp³-hybridized carbons (Fsp3) is 0.333. The second kappa shape index (κ2) is 5.78. The van der Waals surface area contributed by atoms with Crippen molar-refractivity contribution in [2.75, 3.05) is 6.61 Å². The number of ether oxygens (including phenoxy) is 1. The highest BCUT2D eigenvalue weighted by Gasteiger charge is 2.21. The molecule has 2 aromatic rings. The minimum Gasteiger partial charge on any atom is -0.375 e. The highest BCUT2D eigenvalue weighted by Crippen LogP contribution is 2.27. The first kappa shape index (κ1) is 13.3. The molecule has 1 heterocycles. The number of fused-ring (bicyclic) bond motifs is 1. The standard InChI is InChI=1S/C18H21NO/c1-13-6-5-8-15(10-13)14(2)19-18-12-20-11-16-7-3-4-9-17(16)18/h3-10,14,18-19H,11-12H2,1-2H3/t14-,18?/m0/s1. The first-order valence-corrected chi connectivity index (χ1v) is 7.22. The van der Waals surface area contributed by atoms with E-state index in [1.165, 1.54) is 22.3 Å². The molecule has 0 saturated carbocycles. The van der Waals surface area contributed by atoms with Crippen molar-refractivity contribution in [3.8, 4) is 0 Å². The van der Waals surface area contributed by atoms with Gasteiger partial charge in [-0.05, 0) is 30.5 Å². The average molecular weight is 267 g/mol. The normalized spacial score (nSPS) is 19.4. The summed E-state index contributed by atoms with van der Waals surface area (Å²) in [6, 6.07) is 17.8. The van der Waals surface area contributed by atoms with Crippen LogP contribution >= 0.6 is 0 Å². The first-order chi connectivity index (χ1) is 9.74. The molecule has 1 aliphatic heterocycles. The molecule has 0 spiro atoms. The van der Waals surface area contributed by atoms with Gasteiger partial charge in [-0.2, -0.15) is 0 Å². The third kappa shape index (κ3) is 2.77. The van der Waals surface area contributed by atoms with Crippen LogP contribution in [0.5, 0.6) is 0 Å². The molecular formula is C18H21NO. The molecule has 3 rings (SSSR count). The monoisotopic (exact) mass is 267 g/mol. The zero-order chi connectivity index (χ0) is 13.9. The Kier molecular flexibility index (Phi) is 3.86. The molecule has 1 unspecified atom stereocenters. The van der Waals surface area contributed by atoms with Gasteiger partial charge in [0.15, 0.2) is 0 Å². The summed E-state index contributed by atoms with van der Waals surface area (Å²) >= 11 is 0. The van der Waals surface area contributed by atoms with Crippen LogP contribution in [0, 0.1) is 6.92 Å². The maximum absolute atomic E-state index is 5.71. The molecule has 2 heteroatoms.